The van der Waals surface area contributed by atoms with E-state index in [1.807, 2.05) is 6.07 Å². The van der Waals surface area contributed by atoms with E-state index in [9.17, 15) is 0 Å². The summed E-state index contributed by atoms with van der Waals surface area (Å²) in [4.78, 5) is 0. The Morgan fingerprint density at radius 3 is 1.87 bits per heavy atom. The summed E-state index contributed by atoms with van der Waals surface area (Å²) < 4.78 is 11.4. The fourth-order valence-corrected chi connectivity index (χ4v) is 7.32. The maximum atomic E-state index is 6.63. The Bertz CT molecular complexity index is 2740. The molecule has 0 N–H and O–H groups in total. The van der Waals surface area contributed by atoms with Crippen LogP contribution in [0.2, 0.25) is 0 Å². The fraction of sp³-hybridized carbons (Fsp3) is 0. The largest absolute Gasteiger partial charge is 0.454 e. The highest BCUT2D eigenvalue weighted by atomic mass is 16.3. The minimum absolute atomic E-state index is 0.908. The second-order valence-electron chi connectivity index (χ2n) is 11.8. The lowest BCUT2D eigenvalue weighted by molar-refractivity contribution is 0.671. The van der Waals surface area contributed by atoms with E-state index in [0.29, 0.717) is 0 Å². The number of benzene rings is 7. The molecule has 7 aromatic carbocycles. The lowest BCUT2D eigenvalue weighted by Gasteiger charge is -2.11. The predicted molar refractivity (Wildman–Crippen MR) is 188 cm³/mol. The maximum Gasteiger partial charge on any atom is 0.160 e. The molecule has 0 aliphatic carbocycles. The molecule has 0 amide bonds. The predicted octanol–water partition coefficient (Wildman–Crippen LogP) is 11.4. The molecule has 3 nitrogen and oxygen atoms in total. The highest BCUT2D eigenvalue weighted by Gasteiger charge is 2.22. The SMILES string of the molecule is c1ccc(-c2cccc(-n3c4ccccc4c4cc5c6ccc7c8ccccc8oc7c6n(-c6ccccc6)c5cc43)c2)cc1. The highest BCUT2D eigenvalue weighted by Crippen LogP contribution is 2.43. The molecule has 0 aliphatic heterocycles. The van der Waals surface area contributed by atoms with Crippen LogP contribution in [0.25, 0.3) is 88.1 Å². The first-order valence-corrected chi connectivity index (χ1v) is 15.4. The number of rotatable bonds is 3. The van der Waals surface area contributed by atoms with Gasteiger partial charge in [0.15, 0.2) is 5.58 Å². The van der Waals surface area contributed by atoms with Gasteiger partial charge in [0, 0.05) is 43.7 Å². The third-order valence-corrected chi connectivity index (χ3v) is 9.29. The minimum Gasteiger partial charge on any atom is -0.454 e. The van der Waals surface area contributed by atoms with Crippen molar-refractivity contribution < 1.29 is 4.42 Å². The molecule has 0 spiro atoms. The van der Waals surface area contributed by atoms with Gasteiger partial charge >= 0.3 is 0 Å². The quantitative estimate of drug-likeness (QED) is 0.206. The van der Waals surface area contributed by atoms with Gasteiger partial charge in [-0.2, -0.15) is 0 Å². The zero-order valence-corrected chi connectivity index (χ0v) is 24.3. The first-order valence-electron chi connectivity index (χ1n) is 15.4. The van der Waals surface area contributed by atoms with E-state index >= 15 is 0 Å². The van der Waals surface area contributed by atoms with Crippen LogP contribution in [0.5, 0.6) is 0 Å². The summed E-state index contributed by atoms with van der Waals surface area (Å²) in [5.41, 5.74) is 11.1. The van der Waals surface area contributed by atoms with Gasteiger partial charge in [0.25, 0.3) is 0 Å². The fourth-order valence-electron chi connectivity index (χ4n) is 7.32. The summed E-state index contributed by atoms with van der Waals surface area (Å²) in [6.45, 7) is 0. The van der Waals surface area contributed by atoms with Crippen molar-refractivity contribution in [2.45, 2.75) is 0 Å². The highest BCUT2D eigenvalue weighted by molar-refractivity contribution is 6.24. The molecule has 0 atom stereocenters. The average Bonchev–Trinajstić information content (AvgIpc) is 3.75. The summed E-state index contributed by atoms with van der Waals surface area (Å²) in [5.74, 6) is 0. The van der Waals surface area contributed by atoms with Gasteiger partial charge in [0.1, 0.15) is 5.58 Å². The van der Waals surface area contributed by atoms with E-state index in [1.54, 1.807) is 0 Å². The Morgan fingerprint density at radius 2 is 1.00 bits per heavy atom. The molecule has 3 aromatic heterocycles. The van der Waals surface area contributed by atoms with Crippen LogP contribution in [-0.2, 0) is 0 Å². The van der Waals surface area contributed by atoms with Gasteiger partial charge < -0.3 is 13.6 Å². The lowest BCUT2D eigenvalue weighted by Crippen LogP contribution is -1.96. The molecule has 0 fully saturated rings. The van der Waals surface area contributed by atoms with Crippen LogP contribution in [0.4, 0.5) is 0 Å². The molecule has 3 heteroatoms. The molecular formula is C42H26N2O. The van der Waals surface area contributed by atoms with Crippen LogP contribution in [0.3, 0.4) is 0 Å². The van der Waals surface area contributed by atoms with Crippen molar-refractivity contribution in [2.75, 3.05) is 0 Å². The molecule has 0 saturated heterocycles. The summed E-state index contributed by atoms with van der Waals surface area (Å²) in [5, 5.41) is 7.15. The number of para-hydroxylation sites is 3. The molecule has 10 aromatic rings. The van der Waals surface area contributed by atoms with Crippen molar-refractivity contribution in [3.63, 3.8) is 0 Å². The Morgan fingerprint density at radius 1 is 0.356 bits per heavy atom. The van der Waals surface area contributed by atoms with Gasteiger partial charge in [-0.1, -0.05) is 103 Å². The Hall–Kier alpha value is -6.06. The van der Waals surface area contributed by atoms with Crippen LogP contribution < -0.4 is 0 Å². The van der Waals surface area contributed by atoms with E-state index < -0.39 is 0 Å². The van der Waals surface area contributed by atoms with E-state index in [-0.39, 0.29) is 0 Å². The van der Waals surface area contributed by atoms with Crippen LogP contribution in [0.15, 0.2) is 162 Å². The van der Waals surface area contributed by atoms with Gasteiger partial charge in [-0.25, -0.2) is 0 Å². The zero-order valence-electron chi connectivity index (χ0n) is 24.3. The third-order valence-electron chi connectivity index (χ3n) is 9.29. The van der Waals surface area contributed by atoms with Gasteiger partial charge in [-0.05, 0) is 65.7 Å². The molecule has 0 bridgehead atoms. The zero-order chi connectivity index (χ0) is 29.5. The number of furan rings is 1. The van der Waals surface area contributed by atoms with Crippen LogP contribution in [-0.4, -0.2) is 9.13 Å². The standard InChI is InChI=1S/C42H26N2O/c1-3-12-27(13-4-1)28-14-11-17-30(24-28)43-37-20-9-7-18-31(37)35-25-36-33-22-23-34-32-19-8-10-21-40(32)45-42(34)41(33)44(39(36)26-38(35)43)29-15-5-2-6-16-29/h1-26H. The van der Waals surface area contributed by atoms with Gasteiger partial charge in [-0.15, -0.1) is 0 Å². The Kier molecular flexibility index (Phi) is 5.00. The number of hydrogen-bond donors (Lipinski definition) is 0. The molecule has 210 valence electrons. The van der Waals surface area contributed by atoms with E-state index in [1.165, 1.54) is 43.7 Å². The van der Waals surface area contributed by atoms with Crippen molar-refractivity contribution in [3.05, 3.63) is 158 Å². The normalized spacial score (nSPS) is 12.0. The number of aromatic nitrogens is 2. The molecule has 0 aliphatic rings. The van der Waals surface area contributed by atoms with Crippen molar-refractivity contribution in [1.82, 2.24) is 9.13 Å². The maximum absolute atomic E-state index is 6.63. The number of nitrogens with zero attached hydrogens (tertiary/aromatic N) is 2. The van der Waals surface area contributed by atoms with Gasteiger partial charge in [0.2, 0.25) is 0 Å². The van der Waals surface area contributed by atoms with E-state index in [0.717, 1.165) is 44.3 Å². The Balaban J connectivity index is 1.36. The summed E-state index contributed by atoms with van der Waals surface area (Å²) in [6.07, 6.45) is 0. The molecule has 0 unspecified atom stereocenters. The molecular weight excluding hydrogens is 548 g/mol. The second kappa shape index (κ2) is 9.22. The number of fused-ring (bicyclic) bond motifs is 10. The first-order chi connectivity index (χ1) is 22.3. The molecule has 0 radical (unpaired) electrons. The Labute approximate surface area is 258 Å². The smallest absolute Gasteiger partial charge is 0.160 e. The van der Waals surface area contributed by atoms with Crippen molar-refractivity contribution in [1.29, 1.82) is 0 Å². The molecule has 45 heavy (non-hydrogen) atoms. The monoisotopic (exact) mass is 574 g/mol. The summed E-state index contributed by atoms with van der Waals surface area (Å²) in [6, 6.07) is 56.5. The molecule has 3 heterocycles. The molecule has 10 rings (SSSR count). The topological polar surface area (TPSA) is 23.0 Å². The van der Waals surface area contributed by atoms with E-state index in [2.05, 4.69) is 161 Å². The van der Waals surface area contributed by atoms with E-state index in [4.69, 9.17) is 4.42 Å². The summed E-state index contributed by atoms with van der Waals surface area (Å²) >= 11 is 0. The summed E-state index contributed by atoms with van der Waals surface area (Å²) in [7, 11) is 0. The number of hydrogen-bond acceptors (Lipinski definition) is 1. The van der Waals surface area contributed by atoms with Crippen LogP contribution in [0.1, 0.15) is 0 Å². The first kappa shape index (κ1) is 24.4. The van der Waals surface area contributed by atoms with Gasteiger partial charge in [-0.3, -0.25) is 0 Å². The lowest BCUT2D eigenvalue weighted by atomic mass is 10.1. The third kappa shape index (κ3) is 3.46. The minimum atomic E-state index is 0.908. The van der Waals surface area contributed by atoms with Crippen molar-refractivity contribution in [2.24, 2.45) is 0 Å². The average molecular weight is 575 g/mol. The molecule has 0 saturated carbocycles. The van der Waals surface area contributed by atoms with Crippen LogP contribution >= 0.6 is 0 Å². The van der Waals surface area contributed by atoms with Crippen LogP contribution in [0, 0.1) is 0 Å². The van der Waals surface area contributed by atoms with Crippen molar-refractivity contribution in [3.8, 4) is 22.5 Å². The van der Waals surface area contributed by atoms with Crippen molar-refractivity contribution >= 4 is 65.6 Å². The second-order valence-corrected chi connectivity index (χ2v) is 11.8. The van der Waals surface area contributed by atoms with Gasteiger partial charge in [0.05, 0.1) is 22.1 Å².